The molecule has 0 spiro atoms. The number of hydrogen-bond acceptors (Lipinski definition) is 5. The van der Waals surface area contributed by atoms with E-state index in [1.54, 1.807) is 34.1 Å². The third-order valence-electron chi connectivity index (χ3n) is 5.76. The number of para-hydroxylation sites is 1. The van der Waals surface area contributed by atoms with Gasteiger partial charge in [0.15, 0.2) is 5.16 Å². The van der Waals surface area contributed by atoms with E-state index in [1.165, 1.54) is 23.1 Å². The highest BCUT2D eigenvalue weighted by Gasteiger charge is 2.22. The predicted molar refractivity (Wildman–Crippen MR) is 142 cm³/mol. The molecular weight excluding hydrogens is 509 g/mol. The highest BCUT2D eigenvalue weighted by atomic mass is 35.5. The van der Waals surface area contributed by atoms with E-state index < -0.39 is 0 Å². The van der Waals surface area contributed by atoms with Gasteiger partial charge in [0, 0.05) is 10.6 Å². The van der Waals surface area contributed by atoms with Gasteiger partial charge in [-0.2, -0.15) is 0 Å². The number of benzene rings is 2. The Morgan fingerprint density at radius 3 is 2.65 bits per heavy atom. The van der Waals surface area contributed by atoms with E-state index in [4.69, 9.17) is 28.2 Å². The standard InChI is InChI=1S/C25H21Cl2N3O2S2/c26-18-12-11-15(13-19(18)27)28-21(31)14-33-25-29-23-22(17-9-5-2-6-10-20(17)34-23)24(32)30(25)16-7-3-1-4-8-16/h1,3-4,7-8,11-13H,2,5-6,9-10,14H2,(H,28,31). The topological polar surface area (TPSA) is 64.0 Å². The minimum Gasteiger partial charge on any atom is -0.325 e. The van der Waals surface area contributed by atoms with Crippen LogP contribution < -0.4 is 10.9 Å². The highest BCUT2D eigenvalue weighted by molar-refractivity contribution is 7.99. The number of aromatic nitrogens is 2. The van der Waals surface area contributed by atoms with E-state index in [0.717, 1.165) is 47.2 Å². The molecule has 0 saturated carbocycles. The van der Waals surface area contributed by atoms with Gasteiger partial charge in [-0.25, -0.2) is 4.98 Å². The molecule has 174 valence electrons. The number of thiophene rings is 1. The molecule has 2 aromatic carbocycles. The fraction of sp³-hybridized carbons (Fsp3) is 0.240. The van der Waals surface area contributed by atoms with E-state index in [-0.39, 0.29) is 17.2 Å². The van der Waals surface area contributed by atoms with Gasteiger partial charge in [0.2, 0.25) is 5.91 Å². The summed E-state index contributed by atoms with van der Waals surface area (Å²) in [6.07, 6.45) is 5.33. The number of halogens is 2. The van der Waals surface area contributed by atoms with Crippen molar-refractivity contribution >= 4 is 68.1 Å². The maximum atomic E-state index is 13.8. The number of rotatable bonds is 5. The van der Waals surface area contributed by atoms with Crippen LogP contribution in [0.5, 0.6) is 0 Å². The monoisotopic (exact) mass is 529 g/mol. The van der Waals surface area contributed by atoms with Crippen LogP contribution in [0.2, 0.25) is 10.0 Å². The van der Waals surface area contributed by atoms with Gasteiger partial charge in [-0.1, -0.05) is 59.6 Å². The molecule has 5 nitrogen and oxygen atoms in total. The Morgan fingerprint density at radius 1 is 1.06 bits per heavy atom. The minimum absolute atomic E-state index is 0.0667. The molecule has 2 aromatic heterocycles. The molecule has 1 aliphatic rings. The SMILES string of the molecule is O=C(CSc1nc2sc3c(c2c(=O)n1-c1ccccc1)CCCCC3)Nc1ccc(Cl)c(Cl)c1. The molecule has 0 fully saturated rings. The lowest BCUT2D eigenvalue weighted by Crippen LogP contribution is -2.23. The van der Waals surface area contributed by atoms with Crippen LogP contribution in [0.25, 0.3) is 15.9 Å². The lowest BCUT2D eigenvalue weighted by Gasteiger charge is -2.13. The van der Waals surface area contributed by atoms with Crippen LogP contribution in [0.1, 0.15) is 29.7 Å². The normalized spacial score (nSPS) is 13.5. The van der Waals surface area contributed by atoms with Crippen molar-refractivity contribution in [3.8, 4) is 5.69 Å². The Morgan fingerprint density at radius 2 is 1.85 bits per heavy atom. The maximum Gasteiger partial charge on any atom is 0.267 e. The van der Waals surface area contributed by atoms with Crippen molar-refractivity contribution in [2.75, 3.05) is 11.1 Å². The Bertz CT molecular complexity index is 1430. The number of aryl methyl sites for hydroxylation is 2. The zero-order valence-electron chi connectivity index (χ0n) is 18.1. The first-order valence-corrected chi connectivity index (χ1v) is 13.6. The number of nitrogens with one attached hydrogen (secondary N) is 1. The molecule has 0 radical (unpaired) electrons. The van der Waals surface area contributed by atoms with Crippen LogP contribution in [-0.2, 0) is 17.6 Å². The van der Waals surface area contributed by atoms with Gasteiger partial charge >= 0.3 is 0 Å². The Kier molecular flexibility index (Phi) is 6.97. The summed E-state index contributed by atoms with van der Waals surface area (Å²) in [5, 5.41) is 4.85. The van der Waals surface area contributed by atoms with Crippen molar-refractivity contribution < 1.29 is 4.79 Å². The summed E-state index contributed by atoms with van der Waals surface area (Å²) in [6.45, 7) is 0. The molecule has 9 heteroatoms. The molecule has 4 aromatic rings. The first-order chi connectivity index (χ1) is 16.5. The van der Waals surface area contributed by atoms with Crippen molar-refractivity contribution in [3.63, 3.8) is 0 Å². The first kappa shape index (κ1) is 23.4. The molecule has 0 bridgehead atoms. The van der Waals surface area contributed by atoms with Crippen LogP contribution in [-0.4, -0.2) is 21.2 Å². The van der Waals surface area contributed by atoms with Crippen molar-refractivity contribution in [2.24, 2.45) is 0 Å². The highest BCUT2D eigenvalue weighted by Crippen LogP contribution is 2.34. The third-order valence-corrected chi connectivity index (χ3v) is 8.62. The van der Waals surface area contributed by atoms with Gasteiger partial charge in [0.1, 0.15) is 4.83 Å². The number of amides is 1. The van der Waals surface area contributed by atoms with Gasteiger partial charge in [-0.05, 0) is 61.6 Å². The quantitative estimate of drug-likeness (QED) is 0.176. The molecular formula is C25H21Cl2N3O2S2. The number of carbonyl (C=O) groups is 1. The van der Waals surface area contributed by atoms with Crippen molar-refractivity contribution in [1.29, 1.82) is 0 Å². The second kappa shape index (κ2) is 10.1. The number of hydrogen-bond donors (Lipinski definition) is 1. The summed E-state index contributed by atoms with van der Waals surface area (Å²) in [7, 11) is 0. The van der Waals surface area contributed by atoms with Gasteiger partial charge < -0.3 is 5.32 Å². The fourth-order valence-corrected chi connectivity index (χ4v) is 6.58. The van der Waals surface area contributed by atoms with Crippen LogP contribution in [0.15, 0.2) is 58.5 Å². The lowest BCUT2D eigenvalue weighted by atomic mass is 10.1. The van der Waals surface area contributed by atoms with Crippen molar-refractivity contribution in [3.05, 3.63) is 79.4 Å². The predicted octanol–water partition coefficient (Wildman–Crippen LogP) is 6.75. The Labute approximate surface area is 215 Å². The van der Waals surface area contributed by atoms with E-state index in [0.29, 0.717) is 20.9 Å². The van der Waals surface area contributed by atoms with Crippen LogP contribution in [0, 0.1) is 0 Å². The summed E-state index contributed by atoms with van der Waals surface area (Å²) in [5.41, 5.74) is 2.39. The first-order valence-electron chi connectivity index (χ1n) is 11.0. The van der Waals surface area contributed by atoms with Crippen molar-refractivity contribution in [2.45, 2.75) is 37.3 Å². The van der Waals surface area contributed by atoms with E-state index >= 15 is 0 Å². The number of carbonyl (C=O) groups excluding carboxylic acids is 1. The summed E-state index contributed by atoms with van der Waals surface area (Å²) in [5.74, 6) is -0.129. The zero-order chi connectivity index (χ0) is 23.7. The van der Waals surface area contributed by atoms with Crippen LogP contribution in [0.3, 0.4) is 0 Å². The summed E-state index contributed by atoms with van der Waals surface area (Å²) in [4.78, 5) is 33.4. The summed E-state index contributed by atoms with van der Waals surface area (Å²) < 4.78 is 1.64. The molecule has 1 N–H and O–H groups in total. The largest absolute Gasteiger partial charge is 0.325 e. The second-order valence-corrected chi connectivity index (χ2v) is 10.9. The van der Waals surface area contributed by atoms with E-state index in [9.17, 15) is 9.59 Å². The van der Waals surface area contributed by atoms with Crippen molar-refractivity contribution in [1.82, 2.24) is 9.55 Å². The van der Waals surface area contributed by atoms with Crippen LogP contribution >= 0.6 is 46.3 Å². The Balaban J connectivity index is 1.50. The molecule has 5 rings (SSSR count). The third kappa shape index (κ3) is 4.75. The molecule has 0 saturated heterocycles. The average molecular weight is 531 g/mol. The molecule has 0 atom stereocenters. The molecule has 34 heavy (non-hydrogen) atoms. The van der Waals surface area contributed by atoms with Crippen LogP contribution in [0.4, 0.5) is 5.69 Å². The lowest BCUT2D eigenvalue weighted by molar-refractivity contribution is -0.113. The smallest absolute Gasteiger partial charge is 0.267 e. The second-order valence-electron chi connectivity index (χ2n) is 8.08. The van der Waals surface area contributed by atoms with E-state index in [2.05, 4.69) is 5.32 Å². The number of fused-ring (bicyclic) bond motifs is 3. The Hall–Kier alpha value is -2.32. The summed E-state index contributed by atoms with van der Waals surface area (Å²) >= 11 is 14.9. The average Bonchev–Trinajstić information content (AvgIpc) is 3.02. The fourth-order valence-electron chi connectivity index (χ4n) is 4.17. The van der Waals surface area contributed by atoms with Gasteiger partial charge in [-0.3, -0.25) is 14.2 Å². The number of nitrogens with zero attached hydrogens (tertiary/aromatic N) is 2. The minimum atomic E-state index is -0.223. The van der Waals surface area contributed by atoms with Gasteiger partial charge in [-0.15, -0.1) is 11.3 Å². The van der Waals surface area contributed by atoms with E-state index in [1.807, 2.05) is 30.3 Å². The van der Waals surface area contributed by atoms with Gasteiger partial charge in [0.05, 0.1) is 26.9 Å². The number of anilines is 1. The summed E-state index contributed by atoms with van der Waals surface area (Å²) in [6, 6.07) is 14.4. The molecule has 1 amide bonds. The number of thioether (sulfide) groups is 1. The zero-order valence-corrected chi connectivity index (χ0v) is 21.3. The maximum absolute atomic E-state index is 13.8. The molecule has 0 unspecified atom stereocenters. The van der Waals surface area contributed by atoms with Gasteiger partial charge in [0.25, 0.3) is 5.56 Å². The molecule has 0 aliphatic heterocycles. The molecule has 1 aliphatic carbocycles. The molecule has 2 heterocycles.